The Hall–Kier alpha value is -2.29. The van der Waals surface area contributed by atoms with Gasteiger partial charge in [-0.1, -0.05) is 52.0 Å². The molecule has 0 spiro atoms. The van der Waals surface area contributed by atoms with E-state index in [2.05, 4.69) is 62.1 Å². The van der Waals surface area contributed by atoms with Crippen LogP contribution < -0.4 is 4.90 Å². The Kier molecular flexibility index (Phi) is 9.15. The van der Waals surface area contributed by atoms with Gasteiger partial charge in [0.1, 0.15) is 5.75 Å². The third-order valence-electron chi connectivity index (χ3n) is 6.74. The molecular weight excluding hydrogens is 380 g/mol. The highest BCUT2D eigenvalue weighted by molar-refractivity contribution is 5.97. The molecule has 0 unspecified atom stereocenters. The average Bonchev–Trinajstić information content (AvgIpc) is 2.76. The van der Waals surface area contributed by atoms with E-state index in [1.807, 2.05) is 27.7 Å². The summed E-state index contributed by atoms with van der Waals surface area (Å²) >= 11 is 0. The SMILES string of the molecule is CC.CC/C=C(/CN(c1cc(C)c(O)c(C)c1C)C1(CC)CCC1)N=C1C=CC=CC1. The Balaban J connectivity index is 0.00000166. The molecule has 0 bridgehead atoms. The van der Waals surface area contributed by atoms with Crippen LogP contribution >= 0.6 is 0 Å². The van der Waals surface area contributed by atoms with Crippen molar-refractivity contribution < 1.29 is 5.11 Å². The highest BCUT2D eigenvalue weighted by Crippen LogP contribution is 2.46. The molecule has 3 rings (SSSR count). The van der Waals surface area contributed by atoms with Gasteiger partial charge in [-0.05, 0) is 81.7 Å². The summed E-state index contributed by atoms with van der Waals surface area (Å²) in [5, 5.41) is 10.4. The molecule has 2 aliphatic rings. The number of nitrogens with zero attached hydrogens (tertiary/aromatic N) is 2. The van der Waals surface area contributed by atoms with Crippen LogP contribution in [-0.2, 0) is 0 Å². The Labute approximate surface area is 190 Å². The van der Waals surface area contributed by atoms with Crippen molar-refractivity contribution in [1.29, 1.82) is 0 Å². The number of hydrogen-bond acceptors (Lipinski definition) is 3. The second kappa shape index (κ2) is 11.4. The lowest BCUT2D eigenvalue weighted by Gasteiger charge is -2.52. The lowest BCUT2D eigenvalue weighted by molar-refractivity contribution is 0.222. The number of allylic oxidation sites excluding steroid dienone is 5. The van der Waals surface area contributed by atoms with Crippen molar-refractivity contribution in [2.75, 3.05) is 11.4 Å². The molecule has 0 aromatic heterocycles. The first kappa shape index (κ1) is 25.0. The fraction of sp³-hybridized carbons (Fsp3) is 0.536. The van der Waals surface area contributed by atoms with E-state index < -0.39 is 0 Å². The van der Waals surface area contributed by atoms with E-state index in [1.165, 1.54) is 30.5 Å². The summed E-state index contributed by atoms with van der Waals surface area (Å²) in [6, 6.07) is 2.17. The normalized spacial score (nSPS) is 18.4. The summed E-state index contributed by atoms with van der Waals surface area (Å²) in [5.74, 6) is 0.425. The molecule has 0 atom stereocenters. The highest BCUT2D eigenvalue weighted by atomic mass is 16.3. The van der Waals surface area contributed by atoms with Gasteiger partial charge in [0.05, 0.1) is 12.2 Å². The number of phenols is 1. The van der Waals surface area contributed by atoms with Crippen LogP contribution in [0, 0.1) is 20.8 Å². The van der Waals surface area contributed by atoms with Gasteiger partial charge < -0.3 is 10.0 Å². The van der Waals surface area contributed by atoms with Crippen molar-refractivity contribution in [1.82, 2.24) is 0 Å². The Morgan fingerprint density at radius 1 is 1.13 bits per heavy atom. The third-order valence-corrected chi connectivity index (χ3v) is 6.74. The largest absolute Gasteiger partial charge is 0.507 e. The molecule has 1 N–H and O–H groups in total. The van der Waals surface area contributed by atoms with Crippen molar-refractivity contribution in [3.8, 4) is 5.75 Å². The molecule has 1 saturated carbocycles. The van der Waals surface area contributed by atoms with Gasteiger partial charge in [0, 0.05) is 23.4 Å². The fourth-order valence-electron chi connectivity index (χ4n) is 4.55. The monoisotopic (exact) mass is 422 g/mol. The minimum Gasteiger partial charge on any atom is -0.507 e. The van der Waals surface area contributed by atoms with Crippen molar-refractivity contribution in [2.45, 2.75) is 92.5 Å². The maximum Gasteiger partial charge on any atom is 0.121 e. The van der Waals surface area contributed by atoms with Crippen molar-refractivity contribution in [3.63, 3.8) is 0 Å². The van der Waals surface area contributed by atoms with E-state index in [-0.39, 0.29) is 5.54 Å². The molecule has 31 heavy (non-hydrogen) atoms. The molecule has 0 aliphatic heterocycles. The topological polar surface area (TPSA) is 35.8 Å². The van der Waals surface area contributed by atoms with Crippen molar-refractivity contribution in [2.24, 2.45) is 4.99 Å². The summed E-state index contributed by atoms with van der Waals surface area (Å²) in [6.45, 7) is 15.5. The zero-order valence-corrected chi connectivity index (χ0v) is 20.8. The number of phenolic OH excluding ortho intramolecular Hbond substituents is 1. The van der Waals surface area contributed by atoms with E-state index in [0.29, 0.717) is 5.75 Å². The van der Waals surface area contributed by atoms with E-state index in [4.69, 9.17) is 4.99 Å². The van der Waals surface area contributed by atoms with E-state index in [1.54, 1.807) is 0 Å². The second-order valence-electron chi connectivity index (χ2n) is 8.53. The standard InChI is InChI=1S/C26H36N2O.C2H6/c1-6-12-23(27-22-13-9-8-10-14-22)18-28(26(7-2)15-11-16-26)24-17-19(3)25(29)21(5)20(24)4;1-2/h8-10,12-13,17,29H,6-7,11,14-16,18H2,1-5H3;1-2H3/b23-12-,27-22?;. The molecule has 1 aromatic carbocycles. The molecule has 1 aromatic rings. The third kappa shape index (κ3) is 5.50. The average molecular weight is 423 g/mol. The number of aromatic hydroxyl groups is 1. The van der Waals surface area contributed by atoms with Crippen molar-refractivity contribution in [3.05, 3.63) is 58.8 Å². The molecule has 0 saturated heterocycles. The quantitative estimate of drug-likeness (QED) is 0.488. The lowest BCUT2D eigenvalue weighted by Crippen LogP contribution is -2.54. The van der Waals surface area contributed by atoms with Crippen molar-refractivity contribution >= 4 is 11.4 Å². The van der Waals surface area contributed by atoms with Crippen LogP contribution in [0.5, 0.6) is 5.75 Å². The molecule has 0 amide bonds. The lowest BCUT2D eigenvalue weighted by atomic mass is 9.72. The van der Waals surface area contributed by atoms with Crippen LogP contribution in [0.15, 0.2) is 47.1 Å². The van der Waals surface area contributed by atoms with Gasteiger partial charge in [-0.3, -0.25) is 4.99 Å². The van der Waals surface area contributed by atoms with E-state index >= 15 is 0 Å². The van der Waals surface area contributed by atoms with Crippen LogP contribution in [0.1, 0.15) is 82.9 Å². The summed E-state index contributed by atoms with van der Waals surface area (Å²) in [7, 11) is 0. The van der Waals surface area contributed by atoms with E-state index in [0.717, 1.165) is 48.3 Å². The highest BCUT2D eigenvalue weighted by Gasteiger charge is 2.42. The summed E-state index contributed by atoms with van der Waals surface area (Å²) < 4.78 is 0. The summed E-state index contributed by atoms with van der Waals surface area (Å²) in [5.41, 5.74) is 6.83. The summed E-state index contributed by atoms with van der Waals surface area (Å²) in [4.78, 5) is 7.63. The molecule has 3 nitrogen and oxygen atoms in total. The van der Waals surface area contributed by atoms with Crippen LogP contribution in [0.25, 0.3) is 0 Å². The molecule has 0 radical (unpaired) electrons. The van der Waals surface area contributed by atoms with Gasteiger partial charge in [0.2, 0.25) is 0 Å². The number of anilines is 1. The Morgan fingerprint density at radius 3 is 2.35 bits per heavy atom. The van der Waals surface area contributed by atoms with Gasteiger partial charge in [0.15, 0.2) is 0 Å². The molecule has 2 aliphatic carbocycles. The van der Waals surface area contributed by atoms with Gasteiger partial charge in [0.25, 0.3) is 0 Å². The predicted molar refractivity (Wildman–Crippen MR) is 137 cm³/mol. The van der Waals surface area contributed by atoms with Crippen LogP contribution in [0.3, 0.4) is 0 Å². The Bertz CT molecular complexity index is 864. The maximum atomic E-state index is 10.4. The smallest absolute Gasteiger partial charge is 0.121 e. The van der Waals surface area contributed by atoms with Gasteiger partial charge in [-0.15, -0.1) is 0 Å². The van der Waals surface area contributed by atoms with Gasteiger partial charge >= 0.3 is 0 Å². The molecular formula is C28H42N2O. The molecule has 0 heterocycles. The first-order chi connectivity index (χ1) is 14.9. The minimum absolute atomic E-state index is 0.190. The minimum atomic E-state index is 0.190. The number of aliphatic imine (C=N–C) groups is 1. The number of benzene rings is 1. The number of rotatable bonds is 7. The van der Waals surface area contributed by atoms with E-state index in [9.17, 15) is 5.11 Å². The van der Waals surface area contributed by atoms with Gasteiger partial charge in [-0.2, -0.15) is 0 Å². The molecule has 1 fully saturated rings. The maximum absolute atomic E-state index is 10.4. The number of aryl methyl sites for hydroxylation is 1. The molecule has 3 heteroatoms. The zero-order chi connectivity index (χ0) is 23.0. The summed E-state index contributed by atoms with van der Waals surface area (Å²) in [6.07, 6.45) is 17.4. The first-order valence-electron chi connectivity index (χ1n) is 12.1. The first-order valence-corrected chi connectivity index (χ1v) is 12.1. The molecule has 170 valence electrons. The van der Waals surface area contributed by atoms with Crippen LogP contribution in [0.2, 0.25) is 0 Å². The van der Waals surface area contributed by atoms with Crippen LogP contribution in [-0.4, -0.2) is 22.9 Å². The zero-order valence-electron chi connectivity index (χ0n) is 20.8. The Morgan fingerprint density at radius 2 is 1.84 bits per heavy atom. The predicted octanol–water partition coefficient (Wildman–Crippen LogP) is 7.73. The van der Waals surface area contributed by atoms with Crippen LogP contribution in [0.4, 0.5) is 5.69 Å². The second-order valence-corrected chi connectivity index (χ2v) is 8.53. The fourth-order valence-corrected chi connectivity index (χ4v) is 4.55. The van der Waals surface area contributed by atoms with Gasteiger partial charge in [-0.25, -0.2) is 0 Å². The number of hydrogen-bond donors (Lipinski definition) is 1.